The molecule has 1 saturated heterocycles. The van der Waals surface area contributed by atoms with Gasteiger partial charge >= 0.3 is 6.03 Å². The summed E-state index contributed by atoms with van der Waals surface area (Å²) in [5, 5.41) is 7.13. The number of aromatic nitrogens is 2. The number of para-hydroxylation sites is 1. The Morgan fingerprint density at radius 3 is 2.72 bits per heavy atom. The Bertz CT molecular complexity index is 711. The van der Waals surface area contributed by atoms with Crippen molar-refractivity contribution in [2.24, 2.45) is 5.73 Å². The van der Waals surface area contributed by atoms with Crippen molar-refractivity contribution >= 4 is 11.8 Å². The van der Waals surface area contributed by atoms with Crippen molar-refractivity contribution in [2.45, 2.75) is 6.92 Å². The summed E-state index contributed by atoms with van der Waals surface area (Å²) in [4.78, 5) is 13.6. The van der Waals surface area contributed by atoms with E-state index in [0.717, 1.165) is 44.1 Å². The van der Waals surface area contributed by atoms with Gasteiger partial charge in [0.1, 0.15) is 12.4 Å². The number of carbonyl (C=O) groups is 1. The van der Waals surface area contributed by atoms with Crippen LogP contribution in [0.25, 0.3) is 5.69 Å². The van der Waals surface area contributed by atoms with Crippen molar-refractivity contribution in [3.63, 3.8) is 0 Å². The Kier molecular flexibility index (Phi) is 5.52. The summed E-state index contributed by atoms with van der Waals surface area (Å²) in [5.41, 5.74) is 6.85. The van der Waals surface area contributed by atoms with Crippen LogP contribution >= 0.6 is 0 Å². The maximum Gasteiger partial charge on any atom is 0.317 e. The van der Waals surface area contributed by atoms with Crippen molar-refractivity contribution in [3.8, 4) is 11.6 Å². The van der Waals surface area contributed by atoms with Gasteiger partial charge in [0.15, 0.2) is 0 Å². The Morgan fingerprint density at radius 1 is 1.32 bits per heavy atom. The van der Waals surface area contributed by atoms with Crippen molar-refractivity contribution in [3.05, 3.63) is 35.9 Å². The molecule has 0 aliphatic carbocycles. The highest BCUT2D eigenvalue weighted by Crippen LogP contribution is 2.28. The van der Waals surface area contributed by atoms with Crippen molar-refractivity contribution in [1.82, 2.24) is 14.7 Å². The quantitative estimate of drug-likeness (QED) is 0.825. The van der Waals surface area contributed by atoms with E-state index in [0.29, 0.717) is 18.3 Å². The number of anilines is 1. The number of benzene rings is 1. The standard InChI is InChI=1S/C17H23N5O3/c1-13-15(19-17(18)23)22(14-5-3-2-4-6-14)20-16(13)25-12-9-21-7-10-24-11-8-21/h2-6H,7-12H2,1H3,(H3,18,19,23). The van der Waals surface area contributed by atoms with E-state index < -0.39 is 6.03 Å². The summed E-state index contributed by atoms with van der Waals surface area (Å²) in [7, 11) is 0. The fraction of sp³-hybridized carbons (Fsp3) is 0.412. The molecular formula is C17H23N5O3. The van der Waals surface area contributed by atoms with Gasteiger partial charge in [0.05, 0.1) is 24.5 Å². The molecule has 8 nitrogen and oxygen atoms in total. The number of nitrogens with two attached hydrogens (primary N) is 1. The molecule has 1 aliphatic rings. The minimum absolute atomic E-state index is 0.487. The summed E-state index contributed by atoms with van der Waals surface area (Å²) in [6, 6.07) is 8.88. The maximum atomic E-state index is 11.3. The van der Waals surface area contributed by atoms with Crippen molar-refractivity contribution in [1.29, 1.82) is 0 Å². The lowest BCUT2D eigenvalue weighted by Gasteiger charge is -2.26. The molecule has 8 heteroatoms. The molecule has 3 rings (SSSR count). The number of carbonyl (C=O) groups excluding carboxylic acids is 1. The lowest BCUT2D eigenvalue weighted by molar-refractivity contribution is 0.0319. The second kappa shape index (κ2) is 8.00. The van der Waals surface area contributed by atoms with Crippen molar-refractivity contribution in [2.75, 3.05) is 44.8 Å². The average molecular weight is 345 g/mol. The number of amides is 2. The van der Waals surface area contributed by atoms with Crippen LogP contribution in [0.5, 0.6) is 5.88 Å². The van der Waals surface area contributed by atoms with E-state index in [-0.39, 0.29) is 0 Å². The summed E-state index contributed by atoms with van der Waals surface area (Å²) < 4.78 is 12.8. The highest BCUT2D eigenvalue weighted by Gasteiger charge is 2.18. The van der Waals surface area contributed by atoms with Crippen LogP contribution in [-0.2, 0) is 4.74 Å². The summed E-state index contributed by atoms with van der Waals surface area (Å²) in [6.07, 6.45) is 0. The molecule has 2 aromatic rings. The highest BCUT2D eigenvalue weighted by molar-refractivity contribution is 5.88. The number of urea groups is 1. The van der Waals surface area contributed by atoms with Gasteiger partial charge in [0.25, 0.3) is 0 Å². The van der Waals surface area contributed by atoms with Gasteiger partial charge in [-0.3, -0.25) is 10.2 Å². The molecule has 0 saturated carbocycles. The molecule has 0 spiro atoms. The Labute approximate surface area is 146 Å². The molecule has 0 atom stereocenters. The van der Waals surface area contributed by atoms with E-state index in [1.807, 2.05) is 37.3 Å². The molecule has 0 radical (unpaired) electrons. The molecule has 0 bridgehead atoms. The summed E-state index contributed by atoms with van der Waals surface area (Å²) in [6.45, 7) is 6.51. The predicted molar refractivity (Wildman–Crippen MR) is 94.3 cm³/mol. The van der Waals surface area contributed by atoms with E-state index in [4.69, 9.17) is 15.2 Å². The normalized spacial score (nSPS) is 15.1. The van der Waals surface area contributed by atoms with E-state index in [9.17, 15) is 4.79 Å². The number of hydrogen-bond acceptors (Lipinski definition) is 5. The zero-order chi connectivity index (χ0) is 17.6. The highest BCUT2D eigenvalue weighted by atomic mass is 16.5. The topological polar surface area (TPSA) is 94.6 Å². The lowest BCUT2D eigenvalue weighted by atomic mass is 10.3. The fourth-order valence-corrected chi connectivity index (χ4v) is 2.73. The molecule has 1 aliphatic heterocycles. The first-order valence-corrected chi connectivity index (χ1v) is 8.29. The lowest BCUT2D eigenvalue weighted by Crippen LogP contribution is -2.38. The van der Waals surface area contributed by atoms with E-state index in [2.05, 4.69) is 15.3 Å². The fourth-order valence-electron chi connectivity index (χ4n) is 2.73. The Balaban J connectivity index is 1.75. The van der Waals surface area contributed by atoms with Crippen LogP contribution in [0, 0.1) is 6.92 Å². The molecule has 1 aromatic heterocycles. The summed E-state index contributed by atoms with van der Waals surface area (Å²) in [5.74, 6) is 1.00. The van der Waals surface area contributed by atoms with Crippen LogP contribution in [0.3, 0.4) is 0 Å². The van der Waals surface area contributed by atoms with Gasteiger partial charge in [0.2, 0.25) is 5.88 Å². The number of morpholine rings is 1. The minimum Gasteiger partial charge on any atom is -0.475 e. The monoisotopic (exact) mass is 345 g/mol. The van der Waals surface area contributed by atoms with Crippen LogP contribution < -0.4 is 15.8 Å². The largest absolute Gasteiger partial charge is 0.475 e. The zero-order valence-corrected chi connectivity index (χ0v) is 14.3. The minimum atomic E-state index is -0.639. The molecule has 1 aromatic carbocycles. The van der Waals surface area contributed by atoms with Crippen molar-refractivity contribution < 1.29 is 14.3 Å². The Morgan fingerprint density at radius 2 is 2.04 bits per heavy atom. The van der Waals surface area contributed by atoms with Crippen LogP contribution in [0.2, 0.25) is 0 Å². The summed E-state index contributed by atoms with van der Waals surface area (Å²) >= 11 is 0. The molecule has 25 heavy (non-hydrogen) atoms. The van der Waals surface area contributed by atoms with Crippen LogP contribution in [0.15, 0.2) is 30.3 Å². The second-order valence-corrected chi connectivity index (χ2v) is 5.82. The van der Waals surface area contributed by atoms with Gasteiger partial charge in [0, 0.05) is 19.6 Å². The van der Waals surface area contributed by atoms with Gasteiger partial charge in [-0.15, -0.1) is 5.10 Å². The molecule has 1 fully saturated rings. The van der Waals surface area contributed by atoms with Crippen LogP contribution in [0.1, 0.15) is 5.56 Å². The van der Waals surface area contributed by atoms with E-state index in [1.165, 1.54) is 0 Å². The number of nitrogens with zero attached hydrogens (tertiary/aromatic N) is 3. The number of nitrogens with one attached hydrogen (secondary N) is 1. The van der Waals surface area contributed by atoms with E-state index in [1.54, 1.807) is 4.68 Å². The third-order valence-electron chi connectivity index (χ3n) is 4.07. The zero-order valence-electron chi connectivity index (χ0n) is 14.3. The molecule has 3 N–H and O–H groups in total. The van der Waals surface area contributed by atoms with Gasteiger partial charge in [-0.2, -0.15) is 0 Å². The third kappa shape index (κ3) is 4.28. The molecule has 0 unspecified atom stereocenters. The van der Waals surface area contributed by atoms with E-state index >= 15 is 0 Å². The van der Waals surface area contributed by atoms with Gasteiger partial charge in [-0.05, 0) is 19.1 Å². The predicted octanol–water partition coefficient (Wildman–Crippen LogP) is 1.38. The molecule has 134 valence electrons. The second-order valence-electron chi connectivity index (χ2n) is 5.82. The van der Waals surface area contributed by atoms with Crippen LogP contribution in [0.4, 0.5) is 10.6 Å². The number of primary amides is 1. The molecule has 2 heterocycles. The first kappa shape index (κ1) is 17.2. The van der Waals surface area contributed by atoms with Crippen LogP contribution in [-0.4, -0.2) is 60.2 Å². The van der Waals surface area contributed by atoms with Gasteiger partial charge in [-0.1, -0.05) is 18.2 Å². The number of rotatable bonds is 6. The number of ether oxygens (including phenoxy) is 2. The first-order valence-electron chi connectivity index (χ1n) is 8.29. The number of hydrogen-bond donors (Lipinski definition) is 2. The first-order chi connectivity index (χ1) is 12.1. The maximum absolute atomic E-state index is 11.3. The molecule has 2 amide bonds. The Hall–Kier alpha value is -2.58. The smallest absolute Gasteiger partial charge is 0.317 e. The molecular weight excluding hydrogens is 322 g/mol. The average Bonchev–Trinajstić information content (AvgIpc) is 2.93. The van der Waals surface area contributed by atoms with Gasteiger partial charge < -0.3 is 15.2 Å². The van der Waals surface area contributed by atoms with Gasteiger partial charge in [-0.25, -0.2) is 9.48 Å². The SMILES string of the molecule is Cc1c(OCCN2CCOCC2)nn(-c2ccccc2)c1NC(N)=O. The third-order valence-corrected chi connectivity index (χ3v) is 4.07.